The molecule has 5 rings (SSSR count). The molecule has 0 amide bonds. The second kappa shape index (κ2) is 8.98. The third-order valence-electron chi connectivity index (χ3n) is 6.75. The lowest BCUT2D eigenvalue weighted by molar-refractivity contribution is 0.230. The fourth-order valence-corrected chi connectivity index (χ4v) is 7.02. The Morgan fingerprint density at radius 2 is 1.73 bits per heavy atom. The second-order valence-corrected chi connectivity index (χ2v) is 10.6. The summed E-state index contributed by atoms with van der Waals surface area (Å²) < 4.78 is 30.3. The molecule has 3 aromatic rings. The van der Waals surface area contributed by atoms with Gasteiger partial charge in [-0.3, -0.25) is 4.57 Å². The Kier molecular flexibility index (Phi) is 6.05. The van der Waals surface area contributed by atoms with Crippen LogP contribution in [0.1, 0.15) is 48.1 Å². The van der Waals surface area contributed by atoms with Crippen molar-refractivity contribution >= 4 is 18.6 Å². The van der Waals surface area contributed by atoms with Crippen molar-refractivity contribution in [1.29, 1.82) is 0 Å². The van der Waals surface area contributed by atoms with E-state index in [4.69, 9.17) is 13.8 Å². The van der Waals surface area contributed by atoms with Crippen LogP contribution >= 0.6 is 7.60 Å². The first-order valence-corrected chi connectivity index (χ1v) is 13.1. The molecule has 33 heavy (non-hydrogen) atoms. The molecule has 0 saturated carbocycles. The first-order chi connectivity index (χ1) is 16.1. The van der Waals surface area contributed by atoms with Gasteiger partial charge in [0.25, 0.3) is 0 Å². The predicted octanol–water partition coefficient (Wildman–Crippen LogP) is 6.06. The lowest BCUT2D eigenvalue weighted by atomic mass is 9.75. The lowest BCUT2D eigenvalue weighted by Gasteiger charge is -2.38. The average molecular weight is 464 g/mol. The van der Waals surface area contributed by atoms with E-state index >= 15 is 0 Å². The number of methoxy groups -OCH3 is 1. The van der Waals surface area contributed by atoms with Crippen molar-refractivity contribution in [3.63, 3.8) is 0 Å². The molecule has 0 saturated heterocycles. The zero-order chi connectivity index (χ0) is 23.0. The minimum absolute atomic E-state index is 0.140. The van der Waals surface area contributed by atoms with Crippen molar-refractivity contribution < 1.29 is 18.3 Å². The topological polar surface area (TPSA) is 56.8 Å². The Labute approximate surface area is 195 Å². The van der Waals surface area contributed by atoms with Crippen LogP contribution in [-0.2, 0) is 20.0 Å². The SMILES string of the molecule is CCOP(=O)(OCC)c1ccc2c(c1)[C@H]1c3ccccc3C[C@H]1[C@@H](c1cccc(OC)c1)N2. The van der Waals surface area contributed by atoms with E-state index in [0.717, 1.165) is 23.4 Å². The summed E-state index contributed by atoms with van der Waals surface area (Å²) in [5.74, 6) is 1.39. The van der Waals surface area contributed by atoms with Crippen molar-refractivity contribution in [2.45, 2.75) is 32.2 Å². The number of rotatable bonds is 7. The quantitative estimate of drug-likeness (QED) is 0.432. The van der Waals surface area contributed by atoms with Crippen LogP contribution in [0.2, 0.25) is 0 Å². The summed E-state index contributed by atoms with van der Waals surface area (Å²) >= 11 is 0. The van der Waals surface area contributed by atoms with Gasteiger partial charge in [-0.25, -0.2) is 0 Å². The van der Waals surface area contributed by atoms with E-state index in [9.17, 15) is 4.57 Å². The van der Waals surface area contributed by atoms with Crippen LogP contribution in [-0.4, -0.2) is 20.3 Å². The highest BCUT2D eigenvalue weighted by molar-refractivity contribution is 7.62. The van der Waals surface area contributed by atoms with Gasteiger partial charge in [0.05, 0.1) is 31.7 Å². The van der Waals surface area contributed by atoms with E-state index < -0.39 is 7.60 Å². The van der Waals surface area contributed by atoms with Crippen LogP contribution in [0, 0.1) is 5.92 Å². The van der Waals surface area contributed by atoms with Gasteiger partial charge in [0.1, 0.15) is 5.75 Å². The fraction of sp³-hybridized carbons (Fsp3) is 0.333. The maximum Gasteiger partial charge on any atom is 0.361 e. The highest BCUT2D eigenvalue weighted by atomic mass is 31.2. The van der Waals surface area contributed by atoms with E-state index in [2.05, 4.69) is 41.7 Å². The molecule has 6 heteroatoms. The normalized spacial score (nSPS) is 21.0. The maximum atomic E-state index is 13.5. The molecular weight excluding hydrogens is 433 g/mol. The Bertz CT molecular complexity index is 1200. The Hall–Kier alpha value is -2.59. The summed E-state index contributed by atoms with van der Waals surface area (Å²) in [6.45, 7) is 4.35. The zero-order valence-corrected chi connectivity index (χ0v) is 20.2. The van der Waals surface area contributed by atoms with E-state index in [1.807, 2.05) is 44.2 Å². The van der Waals surface area contributed by atoms with Gasteiger partial charge in [-0.1, -0.05) is 36.4 Å². The summed E-state index contributed by atoms with van der Waals surface area (Å²) in [6.07, 6.45) is 0.980. The van der Waals surface area contributed by atoms with Gasteiger partial charge in [0.2, 0.25) is 0 Å². The number of benzene rings is 3. The molecule has 3 aromatic carbocycles. The van der Waals surface area contributed by atoms with Crippen molar-refractivity contribution in [2.75, 3.05) is 25.6 Å². The number of fused-ring (bicyclic) bond motifs is 5. The molecule has 172 valence electrons. The minimum Gasteiger partial charge on any atom is -0.497 e. The molecule has 0 unspecified atom stereocenters. The van der Waals surface area contributed by atoms with Gasteiger partial charge in [-0.15, -0.1) is 0 Å². The summed E-state index contributed by atoms with van der Waals surface area (Å²) in [5, 5.41) is 4.41. The van der Waals surface area contributed by atoms with Gasteiger partial charge >= 0.3 is 7.60 Å². The van der Waals surface area contributed by atoms with Gasteiger partial charge in [-0.05, 0) is 78.8 Å². The van der Waals surface area contributed by atoms with Crippen LogP contribution in [0.15, 0.2) is 66.7 Å². The van der Waals surface area contributed by atoms with Gasteiger partial charge in [0.15, 0.2) is 0 Å². The zero-order valence-electron chi connectivity index (χ0n) is 19.3. The molecule has 0 aromatic heterocycles. The second-order valence-electron chi connectivity index (χ2n) is 8.55. The summed E-state index contributed by atoms with van der Waals surface area (Å²) in [6, 6.07) is 23.1. The molecule has 1 aliphatic carbocycles. The van der Waals surface area contributed by atoms with E-state index in [1.54, 1.807) is 7.11 Å². The lowest BCUT2D eigenvalue weighted by Crippen LogP contribution is -2.31. The third-order valence-corrected chi connectivity index (χ3v) is 8.86. The summed E-state index contributed by atoms with van der Waals surface area (Å²) in [4.78, 5) is 0. The van der Waals surface area contributed by atoms with Crippen LogP contribution < -0.4 is 15.4 Å². The molecule has 5 nitrogen and oxygen atoms in total. The molecule has 0 bridgehead atoms. The summed E-state index contributed by atoms with van der Waals surface area (Å²) in [5.41, 5.74) is 6.14. The number of anilines is 1. The van der Waals surface area contributed by atoms with E-state index in [1.165, 1.54) is 16.7 Å². The van der Waals surface area contributed by atoms with Crippen molar-refractivity contribution in [3.05, 3.63) is 89.0 Å². The standard InChI is InChI=1S/C27H30NO4P/c1-4-31-33(29,32-5-2)21-13-14-25-23(17-21)26-22-12-7-6-9-18(22)16-24(26)27(28-25)19-10-8-11-20(15-19)30-3/h6-15,17,24,26-28H,4-5,16H2,1-3H3/t24-,26-,27-/m1/s1. The van der Waals surface area contributed by atoms with Crippen LogP contribution in [0.25, 0.3) is 0 Å². The van der Waals surface area contributed by atoms with Crippen molar-refractivity contribution in [3.8, 4) is 5.75 Å². The van der Waals surface area contributed by atoms with Gasteiger partial charge < -0.3 is 19.1 Å². The smallest absolute Gasteiger partial charge is 0.361 e. The molecule has 0 spiro atoms. The Balaban J connectivity index is 1.64. The van der Waals surface area contributed by atoms with Crippen molar-refractivity contribution in [2.24, 2.45) is 5.92 Å². The van der Waals surface area contributed by atoms with Crippen LogP contribution in [0.4, 0.5) is 5.69 Å². The molecule has 1 N–H and O–H groups in total. The van der Waals surface area contributed by atoms with E-state index in [-0.39, 0.29) is 12.0 Å². The number of hydrogen-bond donors (Lipinski definition) is 1. The monoisotopic (exact) mass is 463 g/mol. The first kappa shape index (κ1) is 22.2. The third kappa shape index (κ3) is 3.89. The maximum absolute atomic E-state index is 13.5. The van der Waals surface area contributed by atoms with E-state index in [0.29, 0.717) is 24.4 Å². The molecule has 1 aliphatic heterocycles. The highest BCUT2D eigenvalue weighted by Gasteiger charge is 2.44. The molecule has 0 fully saturated rings. The summed E-state index contributed by atoms with van der Waals surface area (Å²) in [7, 11) is -1.67. The Morgan fingerprint density at radius 1 is 0.939 bits per heavy atom. The van der Waals surface area contributed by atoms with Crippen LogP contribution in [0.3, 0.4) is 0 Å². The Morgan fingerprint density at radius 3 is 2.48 bits per heavy atom. The fourth-order valence-electron chi connectivity index (χ4n) is 5.41. The number of nitrogens with one attached hydrogen (secondary N) is 1. The number of hydrogen-bond acceptors (Lipinski definition) is 5. The highest BCUT2D eigenvalue weighted by Crippen LogP contribution is 2.55. The molecule has 3 atom stereocenters. The number of ether oxygens (including phenoxy) is 1. The van der Waals surface area contributed by atoms with Gasteiger partial charge in [0, 0.05) is 11.6 Å². The first-order valence-electron chi connectivity index (χ1n) is 11.6. The van der Waals surface area contributed by atoms with Crippen molar-refractivity contribution in [1.82, 2.24) is 0 Å². The van der Waals surface area contributed by atoms with Gasteiger partial charge in [-0.2, -0.15) is 0 Å². The molecule has 0 radical (unpaired) electrons. The predicted molar refractivity (Wildman–Crippen MR) is 132 cm³/mol. The molecule has 1 heterocycles. The molecular formula is C27H30NO4P. The minimum atomic E-state index is -3.37. The van der Waals surface area contributed by atoms with Crippen LogP contribution in [0.5, 0.6) is 5.75 Å². The molecule has 2 aliphatic rings. The average Bonchev–Trinajstić information content (AvgIpc) is 3.23. The largest absolute Gasteiger partial charge is 0.497 e.